The number of fused-ring (bicyclic) bond motifs is 1. The second kappa shape index (κ2) is 3.97. The zero-order chi connectivity index (χ0) is 9.47. The molecule has 0 N–H and O–H groups in total. The Hall–Kier alpha value is -0.443. The van der Waals surface area contributed by atoms with Gasteiger partial charge in [0.2, 0.25) is 0 Å². The Morgan fingerprint density at radius 3 is 2.43 bits per heavy atom. The molecular weight excluding hydrogens is 163 g/mol. The van der Waals surface area contributed by atoms with E-state index in [2.05, 4.69) is 57.2 Å². The maximum Gasteiger partial charge on any atom is 1.00 e. The van der Waals surface area contributed by atoms with Crippen molar-refractivity contribution in [2.45, 2.75) is 26.7 Å². The number of rotatable bonds is 0. The minimum atomic E-state index is 0. The van der Waals surface area contributed by atoms with Crippen LogP contribution >= 0.6 is 0 Å². The Balaban J connectivity index is 0.000000980. The van der Waals surface area contributed by atoms with E-state index in [1.807, 2.05) is 0 Å². The average Bonchev–Trinajstić information content (AvgIpc) is 2.45. The number of allylic oxidation sites excluding steroid dienone is 1. The first-order valence-electron chi connectivity index (χ1n) is 4.86. The summed E-state index contributed by atoms with van der Waals surface area (Å²) in [4.78, 5) is 0. The fourth-order valence-electron chi connectivity index (χ4n) is 2.00. The molecule has 0 bridgehead atoms. The first-order chi connectivity index (χ1) is 6.09. The second-order valence-corrected chi connectivity index (χ2v) is 4.83. The van der Waals surface area contributed by atoms with Crippen LogP contribution in [0.1, 0.15) is 39.2 Å². The van der Waals surface area contributed by atoms with Gasteiger partial charge in [0.15, 0.2) is 0 Å². The Labute approximate surface area is 100 Å². The fraction of sp³-hybridized carbons (Fsp3) is 0.385. The summed E-state index contributed by atoms with van der Waals surface area (Å²) in [5.74, 6) is 0.587. The van der Waals surface area contributed by atoms with Crippen molar-refractivity contribution in [2.24, 2.45) is 5.41 Å². The molecule has 1 aromatic rings. The summed E-state index contributed by atoms with van der Waals surface area (Å²) in [6, 6.07) is 8.67. The van der Waals surface area contributed by atoms with Gasteiger partial charge in [-0.15, -0.1) is 0 Å². The van der Waals surface area contributed by atoms with E-state index in [1.165, 1.54) is 11.1 Å². The summed E-state index contributed by atoms with van der Waals surface area (Å²) < 4.78 is 0. The molecule has 0 aliphatic heterocycles. The molecule has 2 rings (SSSR count). The Morgan fingerprint density at radius 1 is 1.14 bits per heavy atom. The van der Waals surface area contributed by atoms with Crippen LogP contribution in [-0.2, 0) is 0 Å². The third kappa shape index (κ3) is 1.97. The molecule has 0 radical (unpaired) electrons. The molecule has 1 unspecified atom stereocenters. The van der Waals surface area contributed by atoms with E-state index in [4.69, 9.17) is 0 Å². The van der Waals surface area contributed by atoms with Crippen LogP contribution in [0.5, 0.6) is 0 Å². The zero-order valence-electron chi connectivity index (χ0n) is 10.5. The number of hydrogen-bond acceptors (Lipinski definition) is 0. The first kappa shape index (κ1) is 11.6. The molecule has 1 atom stereocenters. The maximum atomic E-state index is 2.32. The third-order valence-electron chi connectivity index (χ3n) is 2.73. The van der Waals surface area contributed by atoms with Crippen LogP contribution in [0.4, 0.5) is 0 Å². The van der Waals surface area contributed by atoms with Gasteiger partial charge in [-0.05, 0) is 16.5 Å². The van der Waals surface area contributed by atoms with E-state index in [1.54, 1.807) is 0 Å². The van der Waals surface area contributed by atoms with E-state index in [-0.39, 0.29) is 20.3 Å². The normalized spacial score (nSPS) is 18.9. The molecule has 0 fully saturated rings. The summed E-state index contributed by atoms with van der Waals surface area (Å²) in [6.07, 6.45) is 4.57. The molecule has 0 spiro atoms. The molecule has 0 heterocycles. The van der Waals surface area contributed by atoms with Gasteiger partial charge < -0.3 is 1.43 Å². The first-order valence-corrected chi connectivity index (χ1v) is 4.86. The molecule has 0 saturated carbocycles. The molecule has 70 valence electrons. The van der Waals surface area contributed by atoms with Gasteiger partial charge in [0.25, 0.3) is 0 Å². The van der Waals surface area contributed by atoms with Crippen LogP contribution < -0.4 is 18.9 Å². The molecule has 1 heteroatoms. The van der Waals surface area contributed by atoms with Gasteiger partial charge in [0.05, 0.1) is 0 Å². The van der Waals surface area contributed by atoms with Crippen molar-refractivity contribution in [1.82, 2.24) is 0 Å². The molecule has 0 nitrogen and oxygen atoms in total. The smallest absolute Gasteiger partial charge is 1.00 e. The van der Waals surface area contributed by atoms with E-state index in [0.29, 0.717) is 11.3 Å². The van der Waals surface area contributed by atoms with Crippen LogP contribution in [-0.4, -0.2) is 0 Å². The predicted octanol–water partition coefficient (Wildman–Crippen LogP) is 0.960. The van der Waals surface area contributed by atoms with Crippen LogP contribution in [0.15, 0.2) is 30.3 Å². The monoisotopic (exact) mass is 180 g/mol. The maximum absolute atomic E-state index is 2.32. The van der Waals surface area contributed by atoms with Crippen LogP contribution in [0, 0.1) is 5.41 Å². The molecule has 1 aromatic carbocycles. The summed E-state index contributed by atoms with van der Waals surface area (Å²) in [5, 5.41) is 0. The Morgan fingerprint density at radius 2 is 1.79 bits per heavy atom. The second-order valence-electron chi connectivity index (χ2n) is 4.83. The van der Waals surface area contributed by atoms with Gasteiger partial charge in [-0.25, -0.2) is 0 Å². The van der Waals surface area contributed by atoms with E-state index in [0.717, 1.165) is 0 Å². The van der Waals surface area contributed by atoms with Crippen molar-refractivity contribution in [3.05, 3.63) is 41.5 Å². The minimum Gasteiger partial charge on any atom is -1.00 e. The molecule has 1 aliphatic rings. The minimum absolute atomic E-state index is 0. The third-order valence-corrected chi connectivity index (χ3v) is 2.73. The molecule has 0 saturated heterocycles. The number of benzene rings is 1. The summed E-state index contributed by atoms with van der Waals surface area (Å²) in [5.41, 5.74) is 3.21. The molecule has 0 amide bonds. The van der Waals surface area contributed by atoms with Crippen molar-refractivity contribution >= 4 is 6.08 Å². The zero-order valence-corrected chi connectivity index (χ0v) is 9.54. The summed E-state index contributed by atoms with van der Waals surface area (Å²) >= 11 is 0. The predicted molar refractivity (Wildman–Crippen MR) is 58.8 cm³/mol. The van der Waals surface area contributed by atoms with Crippen molar-refractivity contribution in [1.29, 1.82) is 0 Å². The molecule has 1 aliphatic carbocycles. The molecule has 0 aromatic heterocycles. The van der Waals surface area contributed by atoms with Gasteiger partial charge in [0, 0.05) is 5.92 Å². The summed E-state index contributed by atoms with van der Waals surface area (Å²) in [6.45, 7) is 6.89. The van der Waals surface area contributed by atoms with Crippen LogP contribution in [0.25, 0.3) is 6.08 Å². The standard InChI is InChI=1S/C13H16.Li.H/c1-13(2,3)12-9-8-10-6-4-5-7-11(10)12;;/h4-9,12H,1-3H3;;/q;+1;-1. The van der Waals surface area contributed by atoms with Gasteiger partial charge in [0.1, 0.15) is 0 Å². The van der Waals surface area contributed by atoms with Gasteiger partial charge >= 0.3 is 18.9 Å². The Bertz CT molecular complexity index is 350. The topological polar surface area (TPSA) is 0 Å². The quantitative estimate of drug-likeness (QED) is 0.522. The fourth-order valence-corrected chi connectivity index (χ4v) is 2.00. The van der Waals surface area contributed by atoms with Crippen molar-refractivity contribution in [3.63, 3.8) is 0 Å². The van der Waals surface area contributed by atoms with Gasteiger partial charge in [-0.3, -0.25) is 0 Å². The number of hydrogen-bond donors (Lipinski definition) is 0. The average molecular weight is 180 g/mol. The van der Waals surface area contributed by atoms with E-state index >= 15 is 0 Å². The SMILES string of the molecule is CC(C)(C)C1C=Cc2ccccc21.[H-].[Li+]. The van der Waals surface area contributed by atoms with Crippen LogP contribution in [0.2, 0.25) is 0 Å². The van der Waals surface area contributed by atoms with E-state index in [9.17, 15) is 0 Å². The van der Waals surface area contributed by atoms with E-state index < -0.39 is 0 Å². The van der Waals surface area contributed by atoms with Gasteiger partial charge in [-0.2, -0.15) is 0 Å². The summed E-state index contributed by atoms with van der Waals surface area (Å²) in [7, 11) is 0. The molecular formula is C13H17Li. The van der Waals surface area contributed by atoms with Crippen molar-refractivity contribution in [2.75, 3.05) is 0 Å². The van der Waals surface area contributed by atoms with Crippen molar-refractivity contribution in [3.8, 4) is 0 Å². The molecule has 14 heavy (non-hydrogen) atoms. The van der Waals surface area contributed by atoms with Gasteiger partial charge in [-0.1, -0.05) is 57.2 Å². The van der Waals surface area contributed by atoms with Crippen LogP contribution in [0.3, 0.4) is 0 Å². The largest absolute Gasteiger partial charge is 1.00 e. The van der Waals surface area contributed by atoms with Crippen molar-refractivity contribution < 1.29 is 20.3 Å². The Kier molecular flexibility index (Phi) is 3.30.